The van der Waals surface area contributed by atoms with Gasteiger partial charge in [0.1, 0.15) is 6.10 Å². The van der Waals surface area contributed by atoms with E-state index in [-0.39, 0.29) is 0 Å². The van der Waals surface area contributed by atoms with E-state index in [1.54, 1.807) is 6.07 Å². The Kier molecular flexibility index (Phi) is 3.20. The summed E-state index contributed by atoms with van der Waals surface area (Å²) in [6, 6.07) is 10.7. The molecule has 3 heteroatoms. The van der Waals surface area contributed by atoms with Crippen molar-refractivity contribution in [1.82, 2.24) is 0 Å². The first-order chi connectivity index (χ1) is 8.08. The summed E-state index contributed by atoms with van der Waals surface area (Å²) in [5, 5.41) is 10.0. The van der Waals surface area contributed by atoms with Crippen LogP contribution in [0.4, 0.5) is 8.78 Å². The predicted octanol–water partition coefficient (Wildman–Crippen LogP) is 3.35. The molecule has 0 amide bonds. The minimum Gasteiger partial charge on any atom is -0.384 e. The van der Waals surface area contributed by atoms with Crippen molar-refractivity contribution < 1.29 is 13.9 Å². The van der Waals surface area contributed by atoms with Crippen LogP contribution in [0.15, 0.2) is 42.5 Å². The van der Waals surface area contributed by atoms with Crippen LogP contribution >= 0.6 is 0 Å². The number of aliphatic hydroxyl groups excluding tert-OH is 1. The molecule has 0 bridgehead atoms. The van der Waals surface area contributed by atoms with Crippen molar-refractivity contribution in [3.05, 3.63) is 70.8 Å². The number of hydrogen-bond acceptors (Lipinski definition) is 1. The fourth-order valence-corrected chi connectivity index (χ4v) is 1.72. The summed E-state index contributed by atoms with van der Waals surface area (Å²) >= 11 is 0. The molecular formula is C14H12F2O. The second-order valence-corrected chi connectivity index (χ2v) is 3.99. The van der Waals surface area contributed by atoms with Crippen molar-refractivity contribution in [2.24, 2.45) is 0 Å². The first-order valence-electron chi connectivity index (χ1n) is 5.27. The highest BCUT2D eigenvalue weighted by Gasteiger charge is 2.12. The number of aryl methyl sites for hydroxylation is 1. The lowest BCUT2D eigenvalue weighted by molar-refractivity contribution is 0.219. The topological polar surface area (TPSA) is 20.2 Å². The molecule has 0 aromatic heterocycles. The van der Waals surface area contributed by atoms with Crippen LogP contribution in [0.2, 0.25) is 0 Å². The number of aliphatic hydroxyl groups is 1. The highest BCUT2D eigenvalue weighted by molar-refractivity contribution is 5.32. The van der Waals surface area contributed by atoms with Gasteiger partial charge in [-0.1, -0.05) is 35.9 Å². The highest BCUT2D eigenvalue weighted by atomic mass is 19.2. The Morgan fingerprint density at radius 2 is 1.65 bits per heavy atom. The van der Waals surface area contributed by atoms with Gasteiger partial charge in [-0.15, -0.1) is 0 Å². The normalized spacial score (nSPS) is 12.5. The molecule has 1 N–H and O–H groups in total. The summed E-state index contributed by atoms with van der Waals surface area (Å²) < 4.78 is 25.8. The van der Waals surface area contributed by atoms with E-state index < -0.39 is 17.7 Å². The van der Waals surface area contributed by atoms with Gasteiger partial charge < -0.3 is 5.11 Å². The molecule has 1 nitrogen and oxygen atoms in total. The van der Waals surface area contributed by atoms with Gasteiger partial charge in [0.2, 0.25) is 0 Å². The van der Waals surface area contributed by atoms with Crippen LogP contribution in [0.1, 0.15) is 22.8 Å². The van der Waals surface area contributed by atoms with Gasteiger partial charge in [0.25, 0.3) is 0 Å². The lowest BCUT2D eigenvalue weighted by Crippen LogP contribution is -2.01. The van der Waals surface area contributed by atoms with Crippen LogP contribution in [0, 0.1) is 18.6 Å². The fourth-order valence-electron chi connectivity index (χ4n) is 1.72. The third kappa shape index (κ3) is 2.50. The monoisotopic (exact) mass is 234 g/mol. The Morgan fingerprint density at radius 3 is 2.29 bits per heavy atom. The molecule has 0 aliphatic carbocycles. The molecule has 2 rings (SSSR count). The molecule has 0 radical (unpaired) electrons. The SMILES string of the molecule is Cc1cccc(C(O)c2ccc(F)c(F)c2)c1. The quantitative estimate of drug-likeness (QED) is 0.844. The second kappa shape index (κ2) is 4.63. The molecule has 2 aromatic rings. The Bertz CT molecular complexity index is 537. The number of hydrogen-bond donors (Lipinski definition) is 1. The maximum atomic E-state index is 13.0. The maximum Gasteiger partial charge on any atom is 0.159 e. The van der Waals surface area contributed by atoms with E-state index in [9.17, 15) is 13.9 Å². The average molecular weight is 234 g/mol. The number of rotatable bonds is 2. The van der Waals surface area contributed by atoms with Gasteiger partial charge in [0.15, 0.2) is 11.6 Å². The zero-order valence-corrected chi connectivity index (χ0v) is 9.32. The van der Waals surface area contributed by atoms with Crippen LogP contribution in [-0.2, 0) is 0 Å². The predicted molar refractivity (Wildman–Crippen MR) is 61.6 cm³/mol. The van der Waals surface area contributed by atoms with E-state index in [4.69, 9.17) is 0 Å². The lowest BCUT2D eigenvalue weighted by Gasteiger charge is -2.12. The molecule has 0 fully saturated rings. The molecule has 17 heavy (non-hydrogen) atoms. The van der Waals surface area contributed by atoms with Crippen LogP contribution in [0.3, 0.4) is 0 Å². The number of halogens is 2. The van der Waals surface area contributed by atoms with E-state index >= 15 is 0 Å². The summed E-state index contributed by atoms with van der Waals surface area (Å²) in [5.41, 5.74) is 2.01. The summed E-state index contributed by atoms with van der Waals surface area (Å²) in [6.45, 7) is 1.90. The van der Waals surface area contributed by atoms with Gasteiger partial charge in [-0.2, -0.15) is 0 Å². The van der Waals surface area contributed by atoms with E-state index in [0.29, 0.717) is 11.1 Å². The minimum absolute atomic E-state index is 0.342. The van der Waals surface area contributed by atoms with Gasteiger partial charge in [0, 0.05) is 0 Å². The van der Waals surface area contributed by atoms with Crippen molar-refractivity contribution in [3.8, 4) is 0 Å². The molecule has 1 unspecified atom stereocenters. The van der Waals surface area contributed by atoms with Crippen molar-refractivity contribution in [1.29, 1.82) is 0 Å². The molecular weight excluding hydrogens is 222 g/mol. The Morgan fingerprint density at radius 1 is 0.941 bits per heavy atom. The van der Waals surface area contributed by atoms with Crippen LogP contribution in [-0.4, -0.2) is 5.11 Å². The highest BCUT2D eigenvalue weighted by Crippen LogP contribution is 2.23. The maximum absolute atomic E-state index is 13.0. The fraction of sp³-hybridized carbons (Fsp3) is 0.143. The van der Waals surface area contributed by atoms with Crippen molar-refractivity contribution in [3.63, 3.8) is 0 Å². The summed E-state index contributed by atoms with van der Waals surface area (Å²) in [4.78, 5) is 0. The summed E-state index contributed by atoms with van der Waals surface area (Å²) in [7, 11) is 0. The molecule has 0 heterocycles. The lowest BCUT2D eigenvalue weighted by atomic mass is 10.00. The van der Waals surface area contributed by atoms with E-state index in [1.807, 2.05) is 25.1 Å². The Labute approximate surface area is 98.3 Å². The van der Waals surface area contributed by atoms with Crippen molar-refractivity contribution in [2.75, 3.05) is 0 Å². The van der Waals surface area contributed by atoms with E-state index in [0.717, 1.165) is 17.7 Å². The molecule has 2 aromatic carbocycles. The smallest absolute Gasteiger partial charge is 0.159 e. The molecule has 0 aliphatic heterocycles. The Balaban J connectivity index is 2.36. The molecule has 88 valence electrons. The molecule has 0 saturated carbocycles. The van der Waals surface area contributed by atoms with Crippen molar-refractivity contribution in [2.45, 2.75) is 13.0 Å². The number of benzene rings is 2. The summed E-state index contributed by atoms with van der Waals surface area (Å²) in [6.07, 6.45) is -0.940. The van der Waals surface area contributed by atoms with Gasteiger partial charge in [-0.25, -0.2) is 8.78 Å². The van der Waals surface area contributed by atoms with Crippen LogP contribution in [0.25, 0.3) is 0 Å². The van der Waals surface area contributed by atoms with Gasteiger partial charge in [-0.05, 0) is 30.2 Å². The molecule has 0 spiro atoms. The van der Waals surface area contributed by atoms with Crippen molar-refractivity contribution >= 4 is 0 Å². The third-order valence-electron chi connectivity index (χ3n) is 2.62. The average Bonchev–Trinajstić information content (AvgIpc) is 2.32. The molecule has 0 aliphatic rings. The second-order valence-electron chi connectivity index (χ2n) is 3.99. The zero-order chi connectivity index (χ0) is 12.4. The largest absolute Gasteiger partial charge is 0.384 e. The van der Waals surface area contributed by atoms with Gasteiger partial charge in [-0.3, -0.25) is 0 Å². The Hall–Kier alpha value is -1.74. The zero-order valence-electron chi connectivity index (χ0n) is 9.32. The first-order valence-corrected chi connectivity index (χ1v) is 5.27. The standard InChI is InChI=1S/C14H12F2O/c1-9-3-2-4-10(7-9)14(17)11-5-6-12(15)13(16)8-11/h2-8,14,17H,1H3. The third-order valence-corrected chi connectivity index (χ3v) is 2.62. The van der Waals surface area contributed by atoms with Gasteiger partial charge in [0.05, 0.1) is 0 Å². The van der Waals surface area contributed by atoms with E-state index in [1.165, 1.54) is 6.07 Å². The first kappa shape index (κ1) is 11.7. The van der Waals surface area contributed by atoms with Crippen LogP contribution < -0.4 is 0 Å². The molecule has 1 atom stereocenters. The van der Waals surface area contributed by atoms with Gasteiger partial charge >= 0.3 is 0 Å². The minimum atomic E-state index is -0.950. The summed E-state index contributed by atoms with van der Waals surface area (Å²) in [5.74, 6) is -1.86. The molecule has 0 saturated heterocycles. The van der Waals surface area contributed by atoms with Crippen LogP contribution in [0.5, 0.6) is 0 Å². The van der Waals surface area contributed by atoms with E-state index in [2.05, 4.69) is 0 Å².